The first-order chi connectivity index (χ1) is 19.7. The number of fused-ring (bicyclic) bond motifs is 1. The zero-order chi connectivity index (χ0) is 29.4. The van der Waals surface area contributed by atoms with Crippen molar-refractivity contribution in [3.05, 3.63) is 35.0 Å². The van der Waals surface area contributed by atoms with Crippen molar-refractivity contribution in [2.45, 2.75) is 64.5 Å². The molecule has 4 rings (SSSR count). The van der Waals surface area contributed by atoms with E-state index >= 15 is 0 Å². The molecule has 0 bridgehead atoms. The molecule has 224 valence electrons. The Labute approximate surface area is 244 Å². The number of aromatic nitrogens is 1. The molecule has 2 aliphatic rings. The van der Waals surface area contributed by atoms with E-state index in [9.17, 15) is 18.4 Å². The van der Waals surface area contributed by atoms with Crippen LogP contribution < -0.4 is 10.6 Å². The minimum atomic E-state index is -4.34. The lowest BCUT2D eigenvalue weighted by Gasteiger charge is -2.35. The monoisotopic (exact) mass is 590 g/mol. The average molecular weight is 591 g/mol. The first-order valence-corrected chi connectivity index (χ1v) is 15.4. The zero-order valence-electron chi connectivity index (χ0n) is 23.9. The number of hydrogen-bond acceptors (Lipinski definition) is 7. The molecule has 2 aliphatic heterocycles. The normalized spacial score (nSPS) is 19.0. The predicted molar refractivity (Wildman–Crippen MR) is 161 cm³/mol. The molecule has 0 amide bonds. The number of thioether (sulfide) groups is 1. The van der Waals surface area contributed by atoms with Crippen molar-refractivity contribution in [2.24, 2.45) is 4.99 Å². The van der Waals surface area contributed by atoms with Gasteiger partial charge >= 0.3 is 6.18 Å². The summed E-state index contributed by atoms with van der Waals surface area (Å²) in [6.07, 6.45) is -1.66. The molecule has 1 aromatic heterocycles. The third kappa shape index (κ3) is 8.32. The zero-order valence-corrected chi connectivity index (χ0v) is 24.8. The van der Waals surface area contributed by atoms with Gasteiger partial charge in [-0.2, -0.15) is 18.4 Å². The highest BCUT2D eigenvalue weighted by Crippen LogP contribution is 2.29. The summed E-state index contributed by atoms with van der Waals surface area (Å²) in [4.78, 5) is 8.59. The number of piperidine rings is 1. The molecule has 41 heavy (non-hydrogen) atoms. The van der Waals surface area contributed by atoms with Crippen LogP contribution in [-0.4, -0.2) is 95.6 Å². The van der Waals surface area contributed by atoms with Crippen LogP contribution in [0.1, 0.15) is 43.0 Å². The second-order valence-electron chi connectivity index (χ2n) is 10.8. The minimum Gasteiger partial charge on any atom is -0.331 e. The summed E-state index contributed by atoms with van der Waals surface area (Å²) in [5, 5.41) is 24.8. The number of alkyl halides is 3. The summed E-state index contributed by atoms with van der Waals surface area (Å²) >= 11 is 1.07. The molecule has 0 aliphatic carbocycles. The maximum absolute atomic E-state index is 13.8. The number of halogens is 3. The number of nitriles is 1. The van der Waals surface area contributed by atoms with Crippen LogP contribution >= 0.6 is 11.8 Å². The highest BCUT2D eigenvalue weighted by Gasteiger charge is 2.41. The maximum atomic E-state index is 13.8. The van der Waals surface area contributed by atoms with Gasteiger partial charge in [-0.25, -0.2) is 4.99 Å². The van der Waals surface area contributed by atoms with Gasteiger partial charge in [0.25, 0.3) is 0 Å². The van der Waals surface area contributed by atoms with E-state index < -0.39 is 12.2 Å². The van der Waals surface area contributed by atoms with Crippen molar-refractivity contribution in [3.63, 3.8) is 0 Å². The topological polar surface area (TPSA) is 95.5 Å². The molecule has 2 saturated heterocycles. The number of nitrogens with one attached hydrogen (secondary N) is 3. The number of benzene rings is 1. The molecular formula is C29H41F3N8S. The molecule has 3 N–H and O–H groups in total. The number of hydrogen-bond donors (Lipinski definition) is 3. The Morgan fingerprint density at radius 1 is 1.22 bits per heavy atom. The number of aryl methyl sites for hydroxylation is 1. The third-order valence-electron chi connectivity index (χ3n) is 8.17. The highest BCUT2D eigenvalue weighted by molar-refractivity contribution is 8.14. The summed E-state index contributed by atoms with van der Waals surface area (Å²) in [6.45, 7) is 11.8. The van der Waals surface area contributed by atoms with E-state index in [1.54, 1.807) is 0 Å². The Kier molecular flexibility index (Phi) is 11.3. The maximum Gasteiger partial charge on any atom is 0.404 e. The summed E-state index contributed by atoms with van der Waals surface area (Å²) in [5.41, 5.74) is 4.10. The van der Waals surface area contributed by atoms with E-state index in [2.05, 4.69) is 55.1 Å². The van der Waals surface area contributed by atoms with Gasteiger partial charge in [0.05, 0.1) is 5.04 Å². The lowest BCUT2D eigenvalue weighted by atomic mass is 10.0. The molecule has 0 spiro atoms. The first-order valence-electron chi connectivity index (χ1n) is 14.4. The lowest BCUT2D eigenvalue weighted by molar-refractivity contribution is -0.152. The third-order valence-corrected chi connectivity index (χ3v) is 9.40. The van der Waals surface area contributed by atoms with Crippen LogP contribution in [0.25, 0.3) is 10.9 Å². The lowest BCUT2D eigenvalue weighted by Crippen LogP contribution is -2.52. The van der Waals surface area contributed by atoms with Crippen LogP contribution in [-0.2, 0) is 13.1 Å². The van der Waals surface area contributed by atoms with Gasteiger partial charge in [0.1, 0.15) is 24.1 Å². The Balaban J connectivity index is 1.35. The van der Waals surface area contributed by atoms with Gasteiger partial charge in [-0.1, -0.05) is 13.0 Å². The Morgan fingerprint density at radius 3 is 2.59 bits per heavy atom. The molecular weight excluding hydrogens is 549 g/mol. The van der Waals surface area contributed by atoms with E-state index in [4.69, 9.17) is 5.41 Å². The molecule has 1 aromatic carbocycles. The smallest absolute Gasteiger partial charge is 0.331 e. The molecule has 8 nitrogen and oxygen atoms in total. The molecule has 3 heterocycles. The molecule has 2 fully saturated rings. The van der Waals surface area contributed by atoms with E-state index in [0.717, 1.165) is 93.5 Å². The Morgan fingerprint density at radius 2 is 1.95 bits per heavy atom. The van der Waals surface area contributed by atoms with Gasteiger partial charge in [-0.3, -0.25) is 15.2 Å². The fourth-order valence-corrected chi connectivity index (χ4v) is 6.68. The van der Waals surface area contributed by atoms with Crippen molar-refractivity contribution in [1.29, 1.82) is 10.7 Å². The van der Waals surface area contributed by atoms with Crippen molar-refractivity contribution >= 4 is 34.0 Å². The molecule has 1 atom stereocenters. The molecule has 2 aromatic rings. The summed E-state index contributed by atoms with van der Waals surface area (Å²) in [6, 6.07) is 6.81. The fraction of sp³-hybridized carbons (Fsp3) is 0.621. The standard InChI is InChI=1S/C29H41F3N8S/c1-3-28(36-20-34)41-19-27(29(30,31)32)37-23-6-10-39(11-7-23)18-22-4-5-26-25(21(22)2)16-24(17-33)40(26)15-14-38-12-8-35-9-13-38/h4-5,16,20,23,27,34-35,37H,3,6-15,18-19H2,1-2H3. The van der Waals surface area contributed by atoms with Crippen molar-refractivity contribution < 1.29 is 13.2 Å². The number of piperazine rings is 1. The number of rotatable bonds is 11. The Bertz CT molecular complexity index is 1240. The van der Waals surface area contributed by atoms with Crippen molar-refractivity contribution in [2.75, 3.05) is 51.6 Å². The van der Waals surface area contributed by atoms with Crippen molar-refractivity contribution in [1.82, 2.24) is 25.0 Å². The van der Waals surface area contributed by atoms with Crippen LogP contribution in [0.15, 0.2) is 23.2 Å². The predicted octanol–water partition coefficient (Wildman–Crippen LogP) is 4.36. The van der Waals surface area contributed by atoms with Crippen LogP contribution in [0, 0.1) is 23.7 Å². The van der Waals surface area contributed by atoms with Gasteiger partial charge in [-0.15, -0.1) is 11.8 Å². The number of likely N-dealkylation sites (tertiary alicyclic amines) is 1. The number of aliphatic imine (C=N–C) groups is 1. The summed E-state index contributed by atoms with van der Waals surface area (Å²) < 4.78 is 43.4. The van der Waals surface area contributed by atoms with E-state index in [1.165, 1.54) is 5.56 Å². The SMILES string of the molecule is CCC(=NC=N)SCC(NC1CCN(Cc2ccc3c(cc(C#N)n3CCN3CCNCC3)c2C)CC1)C(F)(F)F. The van der Waals surface area contributed by atoms with Crippen LogP contribution in [0.2, 0.25) is 0 Å². The molecule has 12 heteroatoms. The van der Waals surface area contributed by atoms with E-state index in [0.29, 0.717) is 30.0 Å². The average Bonchev–Trinajstić information content (AvgIpc) is 3.34. The molecule has 1 unspecified atom stereocenters. The quantitative estimate of drug-likeness (QED) is 0.266. The van der Waals surface area contributed by atoms with Gasteiger partial charge in [0, 0.05) is 68.5 Å². The second kappa shape index (κ2) is 14.6. The summed E-state index contributed by atoms with van der Waals surface area (Å²) in [5.74, 6) is -0.150. The highest BCUT2D eigenvalue weighted by atomic mass is 32.2. The largest absolute Gasteiger partial charge is 0.404 e. The van der Waals surface area contributed by atoms with Crippen LogP contribution in [0.4, 0.5) is 13.2 Å². The van der Waals surface area contributed by atoms with Crippen LogP contribution in [0.5, 0.6) is 0 Å². The van der Waals surface area contributed by atoms with Gasteiger partial charge in [0.15, 0.2) is 0 Å². The molecule has 0 saturated carbocycles. The second-order valence-corrected chi connectivity index (χ2v) is 11.9. The summed E-state index contributed by atoms with van der Waals surface area (Å²) in [7, 11) is 0. The van der Waals surface area contributed by atoms with Crippen molar-refractivity contribution in [3.8, 4) is 6.07 Å². The van der Waals surface area contributed by atoms with Crippen LogP contribution in [0.3, 0.4) is 0 Å². The van der Waals surface area contributed by atoms with E-state index in [-0.39, 0.29) is 11.8 Å². The fourth-order valence-electron chi connectivity index (χ4n) is 5.70. The number of nitrogens with zero attached hydrogens (tertiary/aromatic N) is 5. The molecule has 0 radical (unpaired) electrons. The minimum absolute atomic E-state index is 0.150. The Hall–Kier alpha value is -2.43. The first kappa shape index (κ1) is 31.5. The van der Waals surface area contributed by atoms with Gasteiger partial charge in [-0.05, 0) is 62.5 Å². The van der Waals surface area contributed by atoms with E-state index in [1.807, 2.05) is 13.0 Å². The van der Waals surface area contributed by atoms with Gasteiger partial charge < -0.3 is 15.2 Å². The van der Waals surface area contributed by atoms with Gasteiger partial charge in [0.2, 0.25) is 0 Å².